The molecule has 0 saturated heterocycles. The van der Waals surface area contributed by atoms with Gasteiger partial charge in [0.2, 0.25) is 0 Å². The van der Waals surface area contributed by atoms with E-state index in [1.165, 1.54) is 0 Å². The summed E-state index contributed by atoms with van der Waals surface area (Å²) in [5.74, 6) is 0. The number of urea groups is 1. The molecule has 21 heavy (non-hydrogen) atoms. The molecule has 0 aliphatic carbocycles. The monoisotopic (exact) mass is 291 g/mol. The standard InChI is InChI=1S/C15H21N3O3/c1-11(19)9-16-15(20)17-13-10-18(7-8-21-2)14-6-4-3-5-12(13)14/h3-6,10-11,19H,7-9H2,1-2H3,(H2,16,17,20)/t11-/m0/s1. The molecule has 1 aromatic heterocycles. The number of carbonyl (C=O) groups is 1. The molecule has 0 fully saturated rings. The fourth-order valence-electron chi connectivity index (χ4n) is 2.13. The molecule has 1 atom stereocenters. The third kappa shape index (κ3) is 3.96. The zero-order chi connectivity index (χ0) is 15.2. The fraction of sp³-hybridized carbons (Fsp3) is 0.400. The van der Waals surface area contributed by atoms with E-state index in [4.69, 9.17) is 4.74 Å². The van der Waals surface area contributed by atoms with Crippen molar-refractivity contribution in [3.8, 4) is 0 Å². The molecule has 6 heteroatoms. The number of nitrogens with zero attached hydrogens (tertiary/aromatic N) is 1. The smallest absolute Gasteiger partial charge is 0.319 e. The molecule has 2 aromatic rings. The zero-order valence-corrected chi connectivity index (χ0v) is 12.3. The maximum absolute atomic E-state index is 11.8. The van der Waals surface area contributed by atoms with E-state index < -0.39 is 6.10 Å². The van der Waals surface area contributed by atoms with Crippen LogP contribution < -0.4 is 10.6 Å². The van der Waals surface area contributed by atoms with Gasteiger partial charge in [-0.3, -0.25) is 0 Å². The second-order valence-corrected chi connectivity index (χ2v) is 4.93. The summed E-state index contributed by atoms with van der Waals surface area (Å²) in [5.41, 5.74) is 1.78. The molecule has 0 saturated carbocycles. The van der Waals surface area contributed by atoms with Crippen LogP contribution in [0.4, 0.5) is 10.5 Å². The number of amides is 2. The molecule has 2 amide bonds. The first-order valence-electron chi connectivity index (χ1n) is 6.91. The zero-order valence-electron chi connectivity index (χ0n) is 12.3. The number of fused-ring (bicyclic) bond motifs is 1. The van der Waals surface area contributed by atoms with E-state index in [0.717, 1.165) is 16.6 Å². The first-order valence-corrected chi connectivity index (χ1v) is 6.91. The lowest BCUT2D eigenvalue weighted by Gasteiger charge is -2.08. The second-order valence-electron chi connectivity index (χ2n) is 4.93. The molecule has 0 bridgehead atoms. The van der Waals surface area contributed by atoms with Gasteiger partial charge < -0.3 is 25.0 Å². The molecule has 0 radical (unpaired) electrons. The molecule has 0 aliphatic rings. The number of aliphatic hydroxyl groups is 1. The summed E-state index contributed by atoms with van der Waals surface area (Å²) in [7, 11) is 1.66. The SMILES string of the molecule is COCCn1cc(NC(=O)NC[C@H](C)O)c2ccccc21. The molecule has 1 heterocycles. The highest BCUT2D eigenvalue weighted by Crippen LogP contribution is 2.25. The van der Waals surface area contributed by atoms with Crippen LogP contribution in [0.1, 0.15) is 6.92 Å². The number of anilines is 1. The predicted molar refractivity (Wildman–Crippen MR) is 82.5 cm³/mol. The molecule has 0 spiro atoms. The molecular weight excluding hydrogens is 270 g/mol. The second kappa shape index (κ2) is 7.10. The van der Waals surface area contributed by atoms with Crippen molar-refractivity contribution in [3.63, 3.8) is 0 Å². The maximum atomic E-state index is 11.8. The summed E-state index contributed by atoms with van der Waals surface area (Å²) in [5, 5.41) is 15.6. The van der Waals surface area contributed by atoms with E-state index in [-0.39, 0.29) is 12.6 Å². The Balaban J connectivity index is 2.17. The van der Waals surface area contributed by atoms with Crippen LogP contribution in [0, 0.1) is 0 Å². The average Bonchev–Trinajstić information content (AvgIpc) is 2.81. The summed E-state index contributed by atoms with van der Waals surface area (Å²) < 4.78 is 7.15. The molecule has 1 aromatic carbocycles. The Bertz CT molecular complexity index is 607. The summed E-state index contributed by atoms with van der Waals surface area (Å²) >= 11 is 0. The minimum Gasteiger partial charge on any atom is -0.392 e. The third-order valence-electron chi connectivity index (χ3n) is 3.13. The topological polar surface area (TPSA) is 75.5 Å². The predicted octanol–water partition coefficient (Wildman–Crippen LogP) is 1.79. The Morgan fingerprint density at radius 1 is 1.43 bits per heavy atom. The van der Waals surface area contributed by atoms with E-state index in [1.807, 2.05) is 35.0 Å². The number of aromatic nitrogens is 1. The number of rotatable bonds is 6. The van der Waals surface area contributed by atoms with Gasteiger partial charge in [0.1, 0.15) is 0 Å². The van der Waals surface area contributed by atoms with Crippen molar-refractivity contribution in [1.29, 1.82) is 0 Å². The number of benzene rings is 1. The number of nitrogens with one attached hydrogen (secondary N) is 2. The normalized spacial score (nSPS) is 12.3. The van der Waals surface area contributed by atoms with Crippen molar-refractivity contribution in [2.24, 2.45) is 0 Å². The van der Waals surface area contributed by atoms with Gasteiger partial charge in [0.25, 0.3) is 0 Å². The van der Waals surface area contributed by atoms with E-state index in [9.17, 15) is 9.90 Å². The Kier molecular flexibility index (Phi) is 5.19. The van der Waals surface area contributed by atoms with Gasteiger partial charge in [0.15, 0.2) is 0 Å². The van der Waals surface area contributed by atoms with Gasteiger partial charge in [0, 0.05) is 31.8 Å². The van der Waals surface area contributed by atoms with E-state index in [0.29, 0.717) is 13.2 Å². The van der Waals surface area contributed by atoms with Crippen molar-refractivity contribution >= 4 is 22.6 Å². The quantitative estimate of drug-likeness (QED) is 0.759. The van der Waals surface area contributed by atoms with Gasteiger partial charge in [-0.2, -0.15) is 0 Å². The fourth-order valence-corrected chi connectivity index (χ4v) is 2.13. The highest BCUT2D eigenvalue weighted by atomic mass is 16.5. The molecule has 0 aliphatic heterocycles. The number of ether oxygens (including phenoxy) is 1. The van der Waals surface area contributed by atoms with Crippen LogP contribution in [0.25, 0.3) is 10.9 Å². The largest absolute Gasteiger partial charge is 0.392 e. The van der Waals surface area contributed by atoms with Gasteiger partial charge in [-0.05, 0) is 13.0 Å². The number of aliphatic hydroxyl groups excluding tert-OH is 1. The highest BCUT2D eigenvalue weighted by molar-refractivity contribution is 6.01. The van der Waals surface area contributed by atoms with Crippen LogP contribution >= 0.6 is 0 Å². The van der Waals surface area contributed by atoms with Gasteiger partial charge in [0.05, 0.1) is 23.9 Å². The van der Waals surface area contributed by atoms with Gasteiger partial charge in [-0.1, -0.05) is 18.2 Å². The minimum atomic E-state index is -0.571. The Labute approximate surface area is 123 Å². The number of carbonyl (C=O) groups excluding carboxylic acids is 1. The van der Waals surface area contributed by atoms with Gasteiger partial charge >= 0.3 is 6.03 Å². The maximum Gasteiger partial charge on any atom is 0.319 e. The number of hydrogen-bond donors (Lipinski definition) is 3. The van der Waals surface area contributed by atoms with Crippen molar-refractivity contribution in [2.45, 2.75) is 19.6 Å². The van der Waals surface area contributed by atoms with Crippen molar-refractivity contribution in [3.05, 3.63) is 30.5 Å². The highest BCUT2D eigenvalue weighted by Gasteiger charge is 2.10. The summed E-state index contributed by atoms with van der Waals surface area (Å²) in [6.07, 6.45) is 1.32. The lowest BCUT2D eigenvalue weighted by Crippen LogP contribution is -2.34. The minimum absolute atomic E-state index is 0.216. The van der Waals surface area contributed by atoms with Crippen LogP contribution in [0.2, 0.25) is 0 Å². The average molecular weight is 291 g/mol. The Morgan fingerprint density at radius 3 is 2.90 bits per heavy atom. The molecular formula is C15H21N3O3. The Morgan fingerprint density at radius 2 is 2.19 bits per heavy atom. The van der Waals surface area contributed by atoms with Gasteiger partial charge in [-0.15, -0.1) is 0 Å². The molecule has 2 rings (SSSR count). The number of para-hydroxylation sites is 1. The van der Waals surface area contributed by atoms with Crippen molar-refractivity contribution < 1.29 is 14.6 Å². The van der Waals surface area contributed by atoms with Crippen LogP contribution in [0.3, 0.4) is 0 Å². The molecule has 0 unspecified atom stereocenters. The van der Waals surface area contributed by atoms with Crippen molar-refractivity contribution in [2.75, 3.05) is 25.6 Å². The molecule has 114 valence electrons. The van der Waals surface area contributed by atoms with Crippen molar-refractivity contribution in [1.82, 2.24) is 9.88 Å². The lowest BCUT2D eigenvalue weighted by atomic mass is 10.2. The number of hydrogen-bond acceptors (Lipinski definition) is 3. The van der Waals surface area contributed by atoms with Crippen LogP contribution in [0.15, 0.2) is 30.5 Å². The Hall–Kier alpha value is -2.05. The van der Waals surface area contributed by atoms with E-state index >= 15 is 0 Å². The van der Waals surface area contributed by atoms with E-state index in [1.54, 1.807) is 14.0 Å². The summed E-state index contributed by atoms with van der Waals surface area (Å²) in [6.45, 7) is 3.16. The van der Waals surface area contributed by atoms with Crippen LogP contribution in [-0.4, -0.2) is 42.1 Å². The first-order chi connectivity index (χ1) is 10.1. The molecule has 6 nitrogen and oxygen atoms in total. The lowest BCUT2D eigenvalue weighted by molar-refractivity contribution is 0.188. The summed E-state index contributed by atoms with van der Waals surface area (Å²) in [6, 6.07) is 7.53. The van der Waals surface area contributed by atoms with Crippen LogP contribution in [0.5, 0.6) is 0 Å². The first kappa shape index (κ1) is 15.3. The van der Waals surface area contributed by atoms with E-state index in [2.05, 4.69) is 10.6 Å². The molecule has 3 N–H and O–H groups in total. The van der Waals surface area contributed by atoms with Gasteiger partial charge in [-0.25, -0.2) is 4.79 Å². The summed E-state index contributed by atoms with van der Waals surface area (Å²) in [4.78, 5) is 11.8. The van der Waals surface area contributed by atoms with Crippen LogP contribution in [-0.2, 0) is 11.3 Å². The third-order valence-corrected chi connectivity index (χ3v) is 3.13. The number of methoxy groups -OCH3 is 1.